The molecule has 0 unspecified atom stereocenters. The van der Waals surface area contributed by atoms with Gasteiger partial charge < -0.3 is 10.6 Å². The van der Waals surface area contributed by atoms with E-state index in [4.69, 9.17) is 0 Å². The number of pyridine rings is 1. The summed E-state index contributed by atoms with van der Waals surface area (Å²) in [7, 11) is 1.80. The van der Waals surface area contributed by atoms with Crippen LogP contribution in [0.4, 0.5) is 0 Å². The molecule has 0 bridgehead atoms. The van der Waals surface area contributed by atoms with Gasteiger partial charge in [-0.05, 0) is 38.2 Å². The van der Waals surface area contributed by atoms with Gasteiger partial charge in [-0.15, -0.1) is 24.0 Å². The fourth-order valence-electron chi connectivity index (χ4n) is 1.46. The second-order valence-electron chi connectivity index (χ2n) is 4.93. The first kappa shape index (κ1) is 19.5. The maximum Gasteiger partial charge on any atom is 0.191 e. The van der Waals surface area contributed by atoms with Gasteiger partial charge in [0, 0.05) is 37.3 Å². The Balaban J connectivity index is 0.00000361. The van der Waals surface area contributed by atoms with Crippen LogP contribution in [0.25, 0.3) is 0 Å². The Labute approximate surface area is 143 Å². The topological polar surface area (TPSA) is 49.3 Å². The lowest BCUT2D eigenvalue weighted by molar-refractivity contribution is 0.664. The largest absolute Gasteiger partial charge is 0.356 e. The van der Waals surface area contributed by atoms with Crippen molar-refractivity contribution in [2.24, 2.45) is 4.99 Å². The average Bonchev–Trinajstić information content (AvgIpc) is 2.43. The Morgan fingerprint density at radius 1 is 1.40 bits per heavy atom. The van der Waals surface area contributed by atoms with Gasteiger partial charge in [0.2, 0.25) is 0 Å². The third-order valence-corrected chi connectivity index (χ3v) is 4.14. The van der Waals surface area contributed by atoms with Crippen molar-refractivity contribution in [2.75, 3.05) is 26.4 Å². The van der Waals surface area contributed by atoms with Crippen molar-refractivity contribution in [1.29, 1.82) is 0 Å². The van der Waals surface area contributed by atoms with E-state index < -0.39 is 0 Å². The minimum atomic E-state index is 0. The van der Waals surface area contributed by atoms with Crippen LogP contribution in [0.3, 0.4) is 0 Å². The number of rotatable bonds is 6. The summed E-state index contributed by atoms with van der Waals surface area (Å²) >= 11 is 1.85. The lowest BCUT2D eigenvalue weighted by atomic mass is 10.2. The van der Waals surface area contributed by atoms with E-state index in [1.807, 2.05) is 24.0 Å². The van der Waals surface area contributed by atoms with Crippen LogP contribution < -0.4 is 10.6 Å². The third-order valence-electron chi connectivity index (χ3n) is 2.89. The molecule has 114 valence electrons. The molecule has 1 aromatic heterocycles. The molecule has 0 fully saturated rings. The summed E-state index contributed by atoms with van der Waals surface area (Å²) < 4.78 is 0.209. The zero-order chi connectivity index (χ0) is 14.1. The minimum absolute atomic E-state index is 0. The summed E-state index contributed by atoms with van der Waals surface area (Å²) in [4.78, 5) is 8.33. The highest BCUT2D eigenvalue weighted by Crippen LogP contribution is 2.19. The monoisotopic (exact) mass is 408 g/mol. The van der Waals surface area contributed by atoms with E-state index in [0.29, 0.717) is 0 Å². The van der Waals surface area contributed by atoms with E-state index in [1.165, 1.54) is 5.56 Å². The molecule has 6 heteroatoms. The van der Waals surface area contributed by atoms with Crippen LogP contribution in [0.15, 0.2) is 29.5 Å². The molecule has 0 aromatic carbocycles. The van der Waals surface area contributed by atoms with Gasteiger partial charge in [0.05, 0.1) is 0 Å². The SMILES string of the molecule is CN=C(NCCc1cccnc1)NCC(C)(C)SC.I. The average molecular weight is 408 g/mol. The molecule has 2 N–H and O–H groups in total. The van der Waals surface area contributed by atoms with Gasteiger partial charge in [0.1, 0.15) is 0 Å². The number of hydrogen-bond acceptors (Lipinski definition) is 3. The van der Waals surface area contributed by atoms with Gasteiger partial charge in [-0.2, -0.15) is 11.8 Å². The first-order valence-corrected chi connectivity index (χ1v) is 7.68. The Hall–Kier alpha value is -0.500. The van der Waals surface area contributed by atoms with Gasteiger partial charge in [-0.25, -0.2) is 0 Å². The lowest BCUT2D eigenvalue weighted by Crippen LogP contribution is -2.43. The number of guanidine groups is 1. The third kappa shape index (κ3) is 7.94. The first-order chi connectivity index (χ1) is 9.07. The molecule has 0 saturated heterocycles. The number of nitrogens with one attached hydrogen (secondary N) is 2. The van der Waals surface area contributed by atoms with Gasteiger partial charge >= 0.3 is 0 Å². The summed E-state index contributed by atoms with van der Waals surface area (Å²) in [5.41, 5.74) is 1.23. The van der Waals surface area contributed by atoms with Gasteiger partial charge in [0.15, 0.2) is 5.96 Å². The Kier molecular flexibility index (Phi) is 10.0. The highest BCUT2D eigenvalue weighted by molar-refractivity contribution is 14.0. The van der Waals surface area contributed by atoms with Gasteiger partial charge in [-0.3, -0.25) is 9.98 Å². The standard InChI is InChI=1S/C14H24N4S.HI/c1-14(2,19-4)11-18-13(15-3)17-9-7-12-6-5-8-16-10-12;/h5-6,8,10H,7,9,11H2,1-4H3,(H2,15,17,18);1H. The van der Waals surface area contributed by atoms with Gasteiger partial charge in [-0.1, -0.05) is 6.07 Å². The van der Waals surface area contributed by atoms with E-state index in [2.05, 4.69) is 46.8 Å². The molecule has 0 aliphatic rings. The fourth-order valence-corrected chi connectivity index (χ4v) is 1.68. The predicted molar refractivity (Wildman–Crippen MR) is 100 cm³/mol. The molecule has 1 aromatic rings. The van der Waals surface area contributed by atoms with Crippen LogP contribution in [0.5, 0.6) is 0 Å². The Bertz CT molecular complexity index is 395. The van der Waals surface area contributed by atoms with E-state index in [-0.39, 0.29) is 28.7 Å². The molecule has 0 aliphatic heterocycles. The molecule has 0 aliphatic carbocycles. The number of nitrogens with zero attached hydrogens (tertiary/aromatic N) is 2. The van der Waals surface area contributed by atoms with Crippen LogP contribution in [-0.2, 0) is 6.42 Å². The van der Waals surface area contributed by atoms with Crippen molar-refractivity contribution < 1.29 is 0 Å². The van der Waals surface area contributed by atoms with Crippen molar-refractivity contribution in [3.63, 3.8) is 0 Å². The summed E-state index contributed by atoms with van der Waals surface area (Å²) in [5.74, 6) is 0.853. The quantitative estimate of drug-likeness (QED) is 0.432. The zero-order valence-electron chi connectivity index (χ0n) is 12.6. The number of aromatic nitrogens is 1. The van der Waals surface area contributed by atoms with Crippen LogP contribution >= 0.6 is 35.7 Å². The van der Waals surface area contributed by atoms with Gasteiger partial charge in [0.25, 0.3) is 0 Å². The molecule has 0 radical (unpaired) electrons. The van der Waals surface area contributed by atoms with Crippen molar-refractivity contribution in [2.45, 2.75) is 25.0 Å². The summed E-state index contributed by atoms with van der Waals surface area (Å²) in [6.07, 6.45) is 6.76. The molecular formula is C14H25IN4S. The second kappa shape index (κ2) is 10.3. The number of hydrogen-bond donors (Lipinski definition) is 2. The lowest BCUT2D eigenvalue weighted by Gasteiger charge is -2.23. The smallest absolute Gasteiger partial charge is 0.191 e. The molecular weight excluding hydrogens is 383 g/mol. The van der Waals surface area contributed by atoms with E-state index in [0.717, 1.165) is 25.5 Å². The summed E-state index contributed by atoms with van der Waals surface area (Å²) in [6, 6.07) is 4.05. The number of aliphatic imine (C=N–C) groups is 1. The molecule has 1 heterocycles. The molecule has 20 heavy (non-hydrogen) atoms. The maximum atomic E-state index is 4.23. The highest BCUT2D eigenvalue weighted by Gasteiger charge is 2.15. The van der Waals surface area contributed by atoms with Crippen molar-refractivity contribution >= 4 is 41.7 Å². The molecule has 0 spiro atoms. The van der Waals surface area contributed by atoms with Crippen LogP contribution in [0.1, 0.15) is 19.4 Å². The summed E-state index contributed by atoms with van der Waals surface area (Å²) in [6.45, 7) is 6.17. The van der Waals surface area contributed by atoms with E-state index in [9.17, 15) is 0 Å². The van der Waals surface area contributed by atoms with Crippen LogP contribution in [-0.4, -0.2) is 42.1 Å². The Morgan fingerprint density at radius 2 is 2.15 bits per heavy atom. The molecule has 1 rings (SSSR count). The molecule has 0 amide bonds. The maximum absolute atomic E-state index is 4.23. The fraction of sp³-hybridized carbons (Fsp3) is 0.571. The van der Waals surface area contributed by atoms with E-state index in [1.54, 1.807) is 13.2 Å². The minimum Gasteiger partial charge on any atom is -0.356 e. The highest BCUT2D eigenvalue weighted by atomic mass is 127. The van der Waals surface area contributed by atoms with Crippen LogP contribution in [0, 0.1) is 0 Å². The molecule has 0 atom stereocenters. The molecule has 4 nitrogen and oxygen atoms in total. The molecule has 0 saturated carbocycles. The Morgan fingerprint density at radius 3 is 2.70 bits per heavy atom. The number of thioether (sulfide) groups is 1. The van der Waals surface area contributed by atoms with Crippen LogP contribution in [0.2, 0.25) is 0 Å². The zero-order valence-corrected chi connectivity index (χ0v) is 15.8. The van der Waals surface area contributed by atoms with E-state index >= 15 is 0 Å². The second-order valence-corrected chi connectivity index (χ2v) is 6.44. The first-order valence-electron chi connectivity index (χ1n) is 6.46. The normalized spacial score (nSPS) is 11.7. The van der Waals surface area contributed by atoms with Crippen molar-refractivity contribution in [3.8, 4) is 0 Å². The van der Waals surface area contributed by atoms with Crippen molar-refractivity contribution in [1.82, 2.24) is 15.6 Å². The number of halogens is 1. The predicted octanol–water partition coefficient (Wildman–Crippen LogP) is 2.55. The van der Waals surface area contributed by atoms with Crippen molar-refractivity contribution in [3.05, 3.63) is 30.1 Å². The summed E-state index contributed by atoms with van der Waals surface area (Å²) in [5, 5.41) is 6.67.